The number of aromatic nitrogens is 1. The number of ketones is 1. The molecule has 0 aliphatic rings. The Morgan fingerprint density at radius 3 is 2.76 bits per heavy atom. The van der Waals surface area contributed by atoms with Crippen molar-refractivity contribution in [3.8, 4) is 0 Å². The summed E-state index contributed by atoms with van der Waals surface area (Å²) in [5.74, 6) is 0.0827. The molecule has 1 heterocycles. The number of hydrogen-bond donors (Lipinski definition) is 0. The molecule has 17 heavy (non-hydrogen) atoms. The van der Waals surface area contributed by atoms with E-state index in [2.05, 4.69) is 4.98 Å². The molecular formula is C15H15NO. The van der Waals surface area contributed by atoms with Gasteiger partial charge in [0.15, 0.2) is 5.78 Å². The van der Waals surface area contributed by atoms with Crippen LogP contribution in [0.15, 0.2) is 48.2 Å². The van der Waals surface area contributed by atoms with E-state index in [9.17, 15) is 4.79 Å². The molecule has 86 valence electrons. The lowest BCUT2D eigenvalue weighted by atomic mass is 9.99. The lowest BCUT2D eigenvalue weighted by Gasteiger charge is -2.06. The minimum atomic E-state index is 0.0827. The highest BCUT2D eigenvalue weighted by Gasteiger charge is 2.13. The fourth-order valence-corrected chi connectivity index (χ4v) is 1.96. The smallest absolute Gasteiger partial charge is 0.190 e. The van der Waals surface area contributed by atoms with Crippen molar-refractivity contribution in [2.75, 3.05) is 0 Å². The highest BCUT2D eigenvalue weighted by molar-refractivity contribution is 6.15. The number of para-hydroxylation sites is 1. The number of carbonyl (C=O) groups excluding carboxylic acids is 1. The summed E-state index contributed by atoms with van der Waals surface area (Å²) < 4.78 is 0. The highest BCUT2D eigenvalue weighted by Crippen LogP contribution is 2.20. The van der Waals surface area contributed by atoms with E-state index in [-0.39, 0.29) is 5.78 Å². The lowest BCUT2D eigenvalue weighted by Crippen LogP contribution is -2.04. The molecule has 0 atom stereocenters. The molecule has 0 fully saturated rings. The van der Waals surface area contributed by atoms with Crippen molar-refractivity contribution in [2.24, 2.45) is 0 Å². The molecule has 2 heteroatoms. The Bertz CT molecular complexity index is 579. The van der Waals surface area contributed by atoms with Crippen LogP contribution in [0.3, 0.4) is 0 Å². The number of Topliss-reactive ketones (excluding diaryl/α,β-unsaturated/α-hetero) is 1. The van der Waals surface area contributed by atoms with Gasteiger partial charge in [0, 0.05) is 17.1 Å². The summed E-state index contributed by atoms with van der Waals surface area (Å²) in [5.41, 5.74) is 2.31. The number of pyridine rings is 1. The van der Waals surface area contributed by atoms with Crippen molar-refractivity contribution < 1.29 is 4.79 Å². The molecule has 1 aromatic heterocycles. The van der Waals surface area contributed by atoms with Crippen LogP contribution in [0.5, 0.6) is 0 Å². The van der Waals surface area contributed by atoms with Crippen LogP contribution in [0.1, 0.15) is 30.6 Å². The van der Waals surface area contributed by atoms with Crippen molar-refractivity contribution in [1.82, 2.24) is 4.98 Å². The zero-order valence-corrected chi connectivity index (χ0v) is 10.1. The van der Waals surface area contributed by atoms with E-state index in [0.717, 1.165) is 22.9 Å². The van der Waals surface area contributed by atoms with E-state index in [1.807, 2.05) is 50.3 Å². The Morgan fingerprint density at radius 2 is 2.06 bits per heavy atom. The quantitative estimate of drug-likeness (QED) is 0.588. The molecule has 0 bridgehead atoms. The predicted octanol–water partition coefficient (Wildman–Crippen LogP) is 3.77. The summed E-state index contributed by atoms with van der Waals surface area (Å²) in [6, 6.07) is 9.57. The maximum absolute atomic E-state index is 12.3. The Labute approximate surface area is 101 Å². The van der Waals surface area contributed by atoms with E-state index < -0.39 is 0 Å². The van der Waals surface area contributed by atoms with Gasteiger partial charge in [-0.1, -0.05) is 31.2 Å². The summed E-state index contributed by atoms with van der Waals surface area (Å²) in [6.45, 7) is 3.89. The molecular weight excluding hydrogens is 210 g/mol. The van der Waals surface area contributed by atoms with Gasteiger partial charge >= 0.3 is 0 Å². The van der Waals surface area contributed by atoms with Crippen molar-refractivity contribution in [2.45, 2.75) is 20.3 Å². The molecule has 0 spiro atoms. The molecule has 0 radical (unpaired) electrons. The van der Waals surface area contributed by atoms with E-state index in [4.69, 9.17) is 0 Å². The van der Waals surface area contributed by atoms with Crippen molar-refractivity contribution in [1.29, 1.82) is 0 Å². The second kappa shape index (κ2) is 4.91. The van der Waals surface area contributed by atoms with Gasteiger partial charge in [0.05, 0.1) is 5.52 Å². The average molecular weight is 225 g/mol. The maximum Gasteiger partial charge on any atom is 0.190 e. The molecule has 0 saturated carbocycles. The molecule has 2 rings (SSSR count). The van der Waals surface area contributed by atoms with Gasteiger partial charge in [-0.2, -0.15) is 0 Å². The lowest BCUT2D eigenvalue weighted by molar-refractivity contribution is 0.103. The average Bonchev–Trinajstić information content (AvgIpc) is 2.39. The van der Waals surface area contributed by atoms with Crippen LogP contribution < -0.4 is 0 Å². The van der Waals surface area contributed by atoms with E-state index in [0.29, 0.717) is 5.56 Å². The Morgan fingerprint density at radius 1 is 1.29 bits per heavy atom. The van der Waals surface area contributed by atoms with Crippen LogP contribution in [0, 0.1) is 0 Å². The molecule has 0 aliphatic carbocycles. The van der Waals surface area contributed by atoms with Gasteiger partial charge in [0.2, 0.25) is 0 Å². The minimum Gasteiger partial charge on any atom is -0.289 e. The zero-order valence-electron chi connectivity index (χ0n) is 10.1. The number of hydrogen-bond acceptors (Lipinski definition) is 2. The Kier molecular flexibility index (Phi) is 3.33. The summed E-state index contributed by atoms with van der Waals surface area (Å²) in [4.78, 5) is 16.6. The van der Waals surface area contributed by atoms with Crippen molar-refractivity contribution in [3.05, 3.63) is 53.7 Å². The van der Waals surface area contributed by atoms with Crippen molar-refractivity contribution in [3.63, 3.8) is 0 Å². The van der Waals surface area contributed by atoms with Gasteiger partial charge in [0.25, 0.3) is 0 Å². The Balaban J connectivity index is 2.60. The minimum absolute atomic E-state index is 0.0827. The molecule has 2 aromatic rings. The molecule has 0 N–H and O–H groups in total. The third-order valence-corrected chi connectivity index (χ3v) is 2.90. The number of carbonyl (C=O) groups is 1. The molecule has 0 unspecified atom stereocenters. The van der Waals surface area contributed by atoms with Gasteiger partial charge in [-0.15, -0.1) is 0 Å². The molecule has 1 aromatic carbocycles. The zero-order chi connectivity index (χ0) is 12.3. The first-order chi connectivity index (χ1) is 8.27. The summed E-state index contributed by atoms with van der Waals surface area (Å²) in [5, 5.41) is 1.00. The first kappa shape index (κ1) is 11.5. The fourth-order valence-electron chi connectivity index (χ4n) is 1.96. The van der Waals surface area contributed by atoms with Gasteiger partial charge in [-0.05, 0) is 31.1 Å². The van der Waals surface area contributed by atoms with Gasteiger partial charge in [0.1, 0.15) is 0 Å². The first-order valence-corrected chi connectivity index (χ1v) is 5.81. The third kappa shape index (κ3) is 2.11. The SMILES string of the molecule is C/C=C(/CC)C(=O)c1cccc2cccnc12. The number of fused-ring (bicyclic) bond motifs is 1. The summed E-state index contributed by atoms with van der Waals surface area (Å²) >= 11 is 0. The van der Waals surface area contributed by atoms with Crippen LogP contribution in [0.25, 0.3) is 10.9 Å². The number of allylic oxidation sites excluding steroid dienone is 2. The van der Waals surface area contributed by atoms with E-state index in [1.165, 1.54) is 0 Å². The molecule has 2 nitrogen and oxygen atoms in total. The monoisotopic (exact) mass is 225 g/mol. The van der Waals surface area contributed by atoms with Crippen molar-refractivity contribution >= 4 is 16.7 Å². The number of rotatable bonds is 3. The predicted molar refractivity (Wildman–Crippen MR) is 70.1 cm³/mol. The highest BCUT2D eigenvalue weighted by atomic mass is 16.1. The van der Waals surface area contributed by atoms with Crippen LogP contribution in [0.4, 0.5) is 0 Å². The maximum atomic E-state index is 12.3. The molecule has 0 aliphatic heterocycles. The van der Waals surface area contributed by atoms with Gasteiger partial charge < -0.3 is 0 Å². The fraction of sp³-hybridized carbons (Fsp3) is 0.200. The molecule has 0 amide bonds. The van der Waals surface area contributed by atoms with Crippen LogP contribution >= 0.6 is 0 Å². The Hall–Kier alpha value is -1.96. The number of nitrogens with zero attached hydrogens (tertiary/aromatic N) is 1. The summed E-state index contributed by atoms with van der Waals surface area (Å²) in [6.07, 6.45) is 4.35. The van der Waals surface area contributed by atoms with Gasteiger partial charge in [-0.3, -0.25) is 9.78 Å². The molecule has 0 saturated heterocycles. The second-order valence-corrected chi connectivity index (χ2v) is 3.88. The number of benzene rings is 1. The topological polar surface area (TPSA) is 30.0 Å². The summed E-state index contributed by atoms with van der Waals surface area (Å²) in [7, 11) is 0. The van der Waals surface area contributed by atoms with E-state index in [1.54, 1.807) is 6.20 Å². The van der Waals surface area contributed by atoms with Gasteiger partial charge in [-0.25, -0.2) is 0 Å². The van der Waals surface area contributed by atoms with Crippen LogP contribution in [-0.4, -0.2) is 10.8 Å². The van der Waals surface area contributed by atoms with Crippen LogP contribution in [-0.2, 0) is 0 Å². The third-order valence-electron chi connectivity index (χ3n) is 2.90. The standard InChI is InChI=1S/C15H15NO/c1-3-11(4-2)15(17)13-9-5-7-12-8-6-10-16-14(12)13/h3,5-10H,4H2,1-2H3/b11-3-. The first-order valence-electron chi connectivity index (χ1n) is 5.81. The normalized spacial score (nSPS) is 11.8. The van der Waals surface area contributed by atoms with Crippen LogP contribution in [0.2, 0.25) is 0 Å². The largest absolute Gasteiger partial charge is 0.289 e. The van der Waals surface area contributed by atoms with E-state index >= 15 is 0 Å². The second-order valence-electron chi connectivity index (χ2n) is 3.88.